The lowest BCUT2D eigenvalue weighted by Gasteiger charge is -2.44. The maximum atomic E-state index is 14.3. The molecule has 2 aromatic carbocycles. The van der Waals surface area contributed by atoms with Crippen LogP contribution in [0.15, 0.2) is 48.5 Å². The van der Waals surface area contributed by atoms with Crippen molar-refractivity contribution in [2.45, 2.75) is 50.2 Å². The third kappa shape index (κ3) is 6.13. The van der Waals surface area contributed by atoms with Gasteiger partial charge in [-0.1, -0.05) is 35.9 Å². The molecule has 2 N–H and O–H groups in total. The van der Waals surface area contributed by atoms with E-state index >= 15 is 0 Å². The van der Waals surface area contributed by atoms with E-state index < -0.39 is 30.0 Å². The molecule has 2 amide bonds. The quantitative estimate of drug-likeness (QED) is 0.673. The van der Waals surface area contributed by atoms with E-state index in [1.165, 1.54) is 23.1 Å². The van der Waals surface area contributed by atoms with E-state index in [2.05, 4.69) is 5.32 Å². The van der Waals surface area contributed by atoms with Gasteiger partial charge in [-0.25, -0.2) is 4.39 Å². The molecule has 182 valence electrons. The van der Waals surface area contributed by atoms with Crippen molar-refractivity contribution in [2.24, 2.45) is 0 Å². The van der Waals surface area contributed by atoms with Gasteiger partial charge < -0.3 is 24.8 Å². The topological polar surface area (TPSA) is 88.1 Å². The van der Waals surface area contributed by atoms with Crippen molar-refractivity contribution in [3.05, 3.63) is 70.5 Å². The van der Waals surface area contributed by atoms with Crippen LogP contribution in [-0.4, -0.2) is 65.9 Å². The number of rotatable bonds is 5. The van der Waals surface area contributed by atoms with Gasteiger partial charge in [0.05, 0.1) is 43.4 Å². The van der Waals surface area contributed by atoms with E-state index in [0.717, 1.165) is 5.56 Å². The van der Waals surface area contributed by atoms with Crippen molar-refractivity contribution in [1.29, 1.82) is 0 Å². The van der Waals surface area contributed by atoms with Crippen molar-refractivity contribution in [3.8, 4) is 0 Å². The van der Waals surface area contributed by atoms with Gasteiger partial charge in [0.2, 0.25) is 5.91 Å². The average molecular weight is 491 g/mol. The molecule has 4 rings (SSSR count). The van der Waals surface area contributed by atoms with E-state index in [1.54, 1.807) is 18.2 Å². The van der Waals surface area contributed by atoms with Crippen LogP contribution in [0.1, 0.15) is 35.2 Å². The van der Waals surface area contributed by atoms with Gasteiger partial charge in [-0.3, -0.25) is 9.59 Å². The molecular weight excluding hydrogens is 463 g/mol. The summed E-state index contributed by atoms with van der Waals surface area (Å²) in [5.74, 6) is -1.24. The third-order valence-corrected chi connectivity index (χ3v) is 6.41. The number of aliphatic hydroxyl groups excluding tert-OH is 1. The first-order valence-electron chi connectivity index (χ1n) is 11.4. The lowest BCUT2D eigenvalue weighted by atomic mass is 9.94. The summed E-state index contributed by atoms with van der Waals surface area (Å²) in [6, 6.07) is 12.7. The Labute approximate surface area is 202 Å². The molecule has 2 fully saturated rings. The molecule has 0 spiro atoms. The third-order valence-electron chi connectivity index (χ3n) is 6.16. The fourth-order valence-corrected chi connectivity index (χ4v) is 4.57. The lowest BCUT2D eigenvalue weighted by Crippen LogP contribution is -2.57. The molecular formula is C25H28ClFN2O5. The highest BCUT2D eigenvalue weighted by Crippen LogP contribution is 2.29. The summed E-state index contributed by atoms with van der Waals surface area (Å²) in [4.78, 5) is 27.2. The predicted octanol–water partition coefficient (Wildman–Crippen LogP) is 2.94. The second kappa shape index (κ2) is 11.3. The Kier molecular flexibility index (Phi) is 8.15. The fourth-order valence-electron chi connectivity index (χ4n) is 4.45. The summed E-state index contributed by atoms with van der Waals surface area (Å²) in [6.45, 7) is 0.621. The van der Waals surface area contributed by atoms with Gasteiger partial charge >= 0.3 is 0 Å². The van der Waals surface area contributed by atoms with Crippen LogP contribution < -0.4 is 5.32 Å². The molecule has 0 saturated carbocycles. The van der Waals surface area contributed by atoms with Gasteiger partial charge in [-0.2, -0.15) is 0 Å². The van der Waals surface area contributed by atoms with Gasteiger partial charge in [0.25, 0.3) is 5.91 Å². The number of hydrogen-bond acceptors (Lipinski definition) is 5. The number of fused-ring (bicyclic) bond motifs is 1. The van der Waals surface area contributed by atoms with Crippen LogP contribution in [-0.2, 0) is 20.8 Å². The number of ether oxygens (including phenoxy) is 2. The van der Waals surface area contributed by atoms with Crippen LogP contribution in [0.3, 0.4) is 0 Å². The molecule has 2 aromatic rings. The Bertz CT molecular complexity index is 1010. The number of hydrogen-bond donors (Lipinski definition) is 2. The second-order valence-corrected chi connectivity index (χ2v) is 9.11. The number of benzene rings is 2. The summed E-state index contributed by atoms with van der Waals surface area (Å²) < 4.78 is 26.1. The van der Waals surface area contributed by atoms with Crippen LogP contribution in [0.25, 0.3) is 0 Å². The molecule has 2 aliphatic rings. The minimum absolute atomic E-state index is 0.0178. The highest BCUT2D eigenvalue weighted by Gasteiger charge is 2.40. The molecule has 7 nitrogen and oxygen atoms in total. The molecule has 2 aliphatic heterocycles. The van der Waals surface area contributed by atoms with Crippen molar-refractivity contribution < 1.29 is 28.6 Å². The van der Waals surface area contributed by atoms with Gasteiger partial charge in [0, 0.05) is 18.1 Å². The van der Waals surface area contributed by atoms with Gasteiger partial charge in [-0.15, -0.1) is 0 Å². The summed E-state index contributed by atoms with van der Waals surface area (Å²) in [6.07, 6.45) is -0.410. The normalized spacial score (nSPS) is 25.1. The molecule has 2 saturated heterocycles. The highest BCUT2D eigenvalue weighted by atomic mass is 35.5. The summed E-state index contributed by atoms with van der Waals surface area (Å²) >= 11 is 5.89. The molecule has 4 atom stereocenters. The summed E-state index contributed by atoms with van der Waals surface area (Å²) in [5, 5.41) is 13.8. The maximum absolute atomic E-state index is 14.3. The van der Waals surface area contributed by atoms with E-state index in [4.69, 9.17) is 21.1 Å². The molecule has 0 aliphatic carbocycles. The van der Waals surface area contributed by atoms with Crippen molar-refractivity contribution in [3.63, 3.8) is 0 Å². The minimum Gasteiger partial charge on any atom is -0.389 e. The zero-order valence-corrected chi connectivity index (χ0v) is 19.4. The zero-order valence-electron chi connectivity index (χ0n) is 18.7. The van der Waals surface area contributed by atoms with Crippen LogP contribution in [0, 0.1) is 5.82 Å². The largest absolute Gasteiger partial charge is 0.389 e. The molecule has 34 heavy (non-hydrogen) atoms. The first kappa shape index (κ1) is 24.6. The molecule has 9 heteroatoms. The van der Waals surface area contributed by atoms with Crippen LogP contribution in [0.4, 0.5) is 4.39 Å². The van der Waals surface area contributed by atoms with Crippen LogP contribution >= 0.6 is 11.6 Å². The van der Waals surface area contributed by atoms with Gasteiger partial charge in [-0.05, 0) is 42.7 Å². The number of nitrogens with zero attached hydrogens (tertiary/aromatic N) is 1. The molecule has 0 radical (unpaired) electrons. The number of carbonyl (C=O) groups is 2. The van der Waals surface area contributed by atoms with Gasteiger partial charge in [0.15, 0.2) is 0 Å². The van der Waals surface area contributed by atoms with Crippen LogP contribution in [0.2, 0.25) is 5.02 Å². The van der Waals surface area contributed by atoms with Crippen molar-refractivity contribution in [1.82, 2.24) is 10.2 Å². The summed E-state index contributed by atoms with van der Waals surface area (Å²) in [7, 11) is 0. The van der Waals surface area contributed by atoms with Crippen molar-refractivity contribution in [2.75, 3.05) is 19.8 Å². The molecule has 0 bridgehead atoms. The Morgan fingerprint density at radius 1 is 1.12 bits per heavy atom. The number of β-amino-alcohol motifs (C(OH)–C–C–N with tert-alkyl or cyclic N) is 1. The Morgan fingerprint density at radius 3 is 2.65 bits per heavy atom. The van der Waals surface area contributed by atoms with Crippen molar-refractivity contribution >= 4 is 23.4 Å². The minimum atomic E-state index is -0.881. The van der Waals surface area contributed by atoms with Crippen LogP contribution in [0.5, 0.6) is 0 Å². The number of carbonyl (C=O) groups excluding carboxylic acids is 2. The Morgan fingerprint density at radius 2 is 1.88 bits per heavy atom. The molecule has 0 unspecified atom stereocenters. The molecule has 2 heterocycles. The lowest BCUT2D eigenvalue weighted by molar-refractivity contribution is -0.151. The fraction of sp³-hybridized carbons (Fsp3) is 0.440. The van der Waals surface area contributed by atoms with E-state index in [-0.39, 0.29) is 43.8 Å². The summed E-state index contributed by atoms with van der Waals surface area (Å²) in [5.41, 5.74) is 0.898. The predicted molar refractivity (Wildman–Crippen MR) is 124 cm³/mol. The number of nitrogens with one attached hydrogen (secondary N) is 1. The SMILES string of the molecule is O=C(C[C@H]1CC[C@@H]2[C@H](COC[C@H](O)CN2C(=O)c2ccccc2F)O1)NCc1ccc(Cl)cc1. The second-order valence-electron chi connectivity index (χ2n) is 8.68. The zero-order chi connectivity index (χ0) is 24.1. The van der Waals surface area contributed by atoms with Gasteiger partial charge in [0.1, 0.15) is 11.9 Å². The number of halogens is 2. The molecule has 0 aromatic heterocycles. The van der Waals surface area contributed by atoms with E-state index in [0.29, 0.717) is 24.4 Å². The average Bonchev–Trinajstić information content (AvgIpc) is 2.81. The first-order chi connectivity index (χ1) is 16.4. The van der Waals surface area contributed by atoms with E-state index in [9.17, 15) is 19.1 Å². The highest BCUT2D eigenvalue weighted by molar-refractivity contribution is 6.30. The van der Waals surface area contributed by atoms with E-state index in [1.807, 2.05) is 12.1 Å². The Balaban J connectivity index is 1.39. The number of aliphatic hydroxyl groups is 1. The first-order valence-corrected chi connectivity index (χ1v) is 11.8. The number of amides is 2. The Hall–Kier alpha value is -2.52. The monoisotopic (exact) mass is 490 g/mol. The smallest absolute Gasteiger partial charge is 0.257 e. The standard InChI is InChI=1S/C25H28ClFN2O5/c26-17-7-5-16(6-8-17)12-28-24(31)11-19-9-10-22-23(34-19)15-33-14-18(30)13-29(22)25(32)20-3-1-2-4-21(20)27/h1-8,18-19,22-23,30H,9-15H2,(H,28,31)/t18-,19-,22-,23+/m1/s1. The maximum Gasteiger partial charge on any atom is 0.257 e.